The van der Waals surface area contributed by atoms with E-state index < -0.39 is 21.9 Å². The quantitative estimate of drug-likeness (QED) is 0.869. The van der Waals surface area contributed by atoms with E-state index in [1.807, 2.05) is 0 Å². The van der Waals surface area contributed by atoms with E-state index in [-0.39, 0.29) is 11.5 Å². The minimum Gasteiger partial charge on any atom is -0.477 e. The third-order valence-electron chi connectivity index (χ3n) is 2.22. The molecule has 1 N–H and O–H groups in total. The lowest BCUT2D eigenvalue weighted by Crippen LogP contribution is -2.33. The molecular formula is C9H7BrN2O5S. The highest BCUT2D eigenvalue weighted by Crippen LogP contribution is 2.22. The first kappa shape index (κ1) is 12.8. The highest BCUT2D eigenvalue weighted by Gasteiger charge is 2.30. The molecule has 2 heterocycles. The molecule has 0 bridgehead atoms. The lowest BCUT2D eigenvalue weighted by Gasteiger charge is -2.20. The summed E-state index contributed by atoms with van der Waals surface area (Å²) in [5.74, 6) is -1.20. The smallest absolute Gasteiger partial charge is 0.353 e. The zero-order chi connectivity index (χ0) is 13.5. The lowest BCUT2D eigenvalue weighted by molar-refractivity contribution is -0.133. The number of carbonyl (C=O) groups is 1. The Bertz CT molecular complexity index is 673. The molecule has 1 aliphatic heterocycles. The van der Waals surface area contributed by atoms with Gasteiger partial charge in [-0.05, 0) is 28.1 Å². The van der Waals surface area contributed by atoms with Crippen LogP contribution < -0.4 is 0 Å². The second-order valence-corrected chi connectivity index (χ2v) is 5.77. The number of carboxylic acids is 1. The van der Waals surface area contributed by atoms with Crippen LogP contribution in [0.1, 0.15) is 5.76 Å². The van der Waals surface area contributed by atoms with E-state index in [0.29, 0.717) is 8.97 Å². The molecule has 0 fully saturated rings. The molecule has 18 heavy (non-hydrogen) atoms. The van der Waals surface area contributed by atoms with Crippen LogP contribution in [0.4, 0.5) is 0 Å². The van der Waals surface area contributed by atoms with Crippen LogP contribution >= 0.6 is 15.9 Å². The molecule has 1 aromatic rings. The third-order valence-corrected chi connectivity index (χ3v) is 3.96. The number of hydrogen-bond donors (Lipinski definition) is 1. The normalized spacial score (nSPS) is 18.2. The lowest BCUT2D eigenvalue weighted by atomic mass is 10.2. The highest BCUT2D eigenvalue weighted by molar-refractivity contribution is 9.10. The highest BCUT2D eigenvalue weighted by atomic mass is 79.9. The van der Waals surface area contributed by atoms with Crippen LogP contribution in [0.5, 0.6) is 0 Å². The minimum absolute atomic E-state index is 0.0591. The average molecular weight is 335 g/mol. The van der Waals surface area contributed by atoms with Gasteiger partial charge < -0.3 is 9.52 Å². The van der Waals surface area contributed by atoms with Crippen molar-refractivity contribution in [2.24, 2.45) is 4.40 Å². The van der Waals surface area contributed by atoms with E-state index in [4.69, 9.17) is 9.52 Å². The molecule has 1 aliphatic rings. The van der Waals surface area contributed by atoms with Crippen molar-refractivity contribution in [2.45, 2.75) is 0 Å². The molecule has 0 aromatic carbocycles. The van der Waals surface area contributed by atoms with E-state index in [0.717, 1.165) is 13.1 Å². The van der Waals surface area contributed by atoms with E-state index in [2.05, 4.69) is 20.3 Å². The van der Waals surface area contributed by atoms with Gasteiger partial charge in [0.2, 0.25) is 0 Å². The van der Waals surface area contributed by atoms with Gasteiger partial charge in [0.25, 0.3) is 0 Å². The summed E-state index contributed by atoms with van der Waals surface area (Å²) >= 11 is 3.06. The van der Waals surface area contributed by atoms with Gasteiger partial charge in [-0.25, -0.2) is 9.10 Å². The number of hydrogen-bond acceptors (Lipinski definition) is 4. The van der Waals surface area contributed by atoms with Gasteiger partial charge in [0, 0.05) is 13.1 Å². The van der Waals surface area contributed by atoms with E-state index >= 15 is 0 Å². The predicted molar refractivity (Wildman–Crippen MR) is 65.3 cm³/mol. The first-order chi connectivity index (χ1) is 8.31. The van der Waals surface area contributed by atoms with Crippen molar-refractivity contribution >= 4 is 37.8 Å². The zero-order valence-corrected chi connectivity index (χ0v) is 11.4. The molecule has 0 radical (unpaired) electrons. The summed E-state index contributed by atoms with van der Waals surface area (Å²) < 4.78 is 32.9. The average Bonchev–Trinajstić information content (AvgIpc) is 2.68. The largest absolute Gasteiger partial charge is 0.477 e. The number of likely N-dealkylation sites (N-methyl/N-ethyl adjacent to an activating group) is 1. The van der Waals surface area contributed by atoms with Gasteiger partial charge in [0.15, 0.2) is 10.4 Å². The Morgan fingerprint density at radius 1 is 1.50 bits per heavy atom. The summed E-state index contributed by atoms with van der Waals surface area (Å²) in [6, 6.07) is 3.04. The molecule has 7 nitrogen and oxygen atoms in total. The SMILES string of the molecule is CN1C(C(=O)O)=CC(c2ccc(Br)o2)=NS1(=O)=O. The van der Waals surface area contributed by atoms with Gasteiger partial charge in [0.05, 0.1) is 0 Å². The maximum absolute atomic E-state index is 11.7. The van der Waals surface area contributed by atoms with Crippen LogP contribution in [0.2, 0.25) is 0 Å². The summed E-state index contributed by atoms with van der Waals surface area (Å²) in [5, 5.41) is 8.94. The number of rotatable bonds is 2. The van der Waals surface area contributed by atoms with Crippen LogP contribution in [-0.2, 0) is 15.0 Å². The molecule has 0 saturated carbocycles. The van der Waals surface area contributed by atoms with E-state index in [9.17, 15) is 13.2 Å². The van der Waals surface area contributed by atoms with Gasteiger partial charge in [0.1, 0.15) is 11.4 Å². The van der Waals surface area contributed by atoms with Crippen LogP contribution in [0.3, 0.4) is 0 Å². The molecule has 0 spiro atoms. The summed E-state index contributed by atoms with van der Waals surface area (Å²) in [6.07, 6.45) is 1.13. The topological polar surface area (TPSA) is 100 Å². The van der Waals surface area contributed by atoms with Crippen molar-refractivity contribution in [2.75, 3.05) is 7.05 Å². The Labute approximate surface area is 111 Å². The zero-order valence-electron chi connectivity index (χ0n) is 8.99. The third kappa shape index (κ3) is 2.18. The van der Waals surface area contributed by atoms with Gasteiger partial charge >= 0.3 is 16.2 Å². The molecule has 1 aromatic heterocycles. The standard InChI is InChI=1S/C9H7BrN2O5S/c1-12-6(9(13)14)4-5(11-18(12,15)16)7-2-3-8(10)17-7/h2-4H,1H3,(H,13,14). The van der Waals surface area contributed by atoms with E-state index in [1.54, 1.807) is 6.07 Å². The summed E-state index contributed by atoms with van der Waals surface area (Å²) in [7, 11) is -2.93. The Balaban J connectivity index is 2.58. The summed E-state index contributed by atoms with van der Waals surface area (Å²) in [6.45, 7) is 0. The Morgan fingerprint density at radius 2 is 2.17 bits per heavy atom. The second-order valence-electron chi connectivity index (χ2n) is 3.36. The molecule has 0 aliphatic carbocycles. The van der Waals surface area contributed by atoms with Crippen LogP contribution in [0, 0.1) is 0 Å². The second kappa shape index (κ2) is 4.25. The van der Waals surface area contributed by atoms with E-state index in [1.165, 1.54) is 6.07 Å². The number of nitrogens with zero attached hydrogens (tertiary/aromatic N) is 2. The van der Waals surface area contributed by atoms with Crippen molar-refractivity contribution in [1.29, 1.82) is 0 Å². The van der Waals surface area contributed by atoms with Gasteiger partial charge in [-0.15, -0.1) is 4.40 Å². The van der Waals surface area contributed by atoms with Crippen molar-refractivity contribution in [3.63, 3.8) is 0 Å². The minimum atomic E-state index is -4.05. The fraction of sp³-hybridized carbons (Fsp3) is 0.111. The van der Waals surface area contributed by atoms with Gasteiger partial charge in [-0.2, -0.15) is 8.42 Å². The molecular weight excluding hydrogens is 328 g/mol. The fourth-order valence-corrected chi connectivity index (χ4v) is 2.52. The van der Waals surface area contributed by atoms with Crippen molar-refractivity contribution < 1.29 is 22.7 Å². The predicted octanol–water partition coefficient (Wildman–Crippen LogP) is 0.990. The Kier molecular flexibility index (Phi) is 3.03. The van der Waals surface area contributed by atoms with Gasteiger partial charge in [-0.3, -0.25) is 0 Å². The maximum atomic E-state index is 11.7. The first-order valence-corrected chi connectivity index (χ1v) is 6.80. The molecule has 96 valence electrons. The number of carboxylic acid groups (broad SMARTS) is 1. The molecule has 0 unspecified atom stereocenters. The van der Waals surface area contributed by atoms with Crippen molar-refractivity contribution in [3.8, 4) is 0 Å². The van der Waals surface area contributed by atoms with Crippen molar-refractivity contribution in [1.82, 2.24) is 4.31 Å². The number of aliphatic carboxylic acids is 1. The Hall–Kier alpha value is -1.61. The molecule has 0 atom stereocenters. The van der Waals surface area contributed by atoms with Gasteiger partial charge in [-0.1, -0.05) is 0 Å². The monoisotopic (exact) mass is 334 g/mol. The summed E-state index contributed by atoms with van der Waals surface area (Å²) in [5.41, 5.74) is -0.455. The summed E-state index contributed by atoms with van der Waals surface area (Å²) in [4.78, 5) is 11.0. The molecule has 0 amide bonds. The molecule has 0 saturated heterocycles. The molecule has 9 heteroatoms. The first-order valence-electron chi connectivity index (χ1n) is 4.61. The molecule has 2 rings (SSSR count). The Morgan fingerprint density at radius 3 is 2.67 bits per heavy atom. The number of allylic oxidation sites excluding steroid dienone is 1. The maximum Gasteiger partial charge on any atom is 0.353 e. The number of halogens is 1. The van der Waals surface area contributed by atoms with Crippen molar-refractivity contribution in [3.05, 3.63) is 34.3 Å². The number of furan rings is 1. The van der Waals surface area contributed by atoms with Crippen LogP contribution in [0.15, 0.2) is 37.4 Å². The fourth-order valence-electron chi connectivity index (χ4n) is 1.32. The van der Waals surface area contributed by atoms with Crippen LogP contribution in [-0.4, -0.2) is 36.6 Å². The van der Waals surface area contributed by atoms with Crippen LogP contribution in [0.25, 0.3) is 0 Å².